The van der Waals surface area contributed by atoms with E-state index < -0.39 is 0 Å². The summed E-state index contributed by atoms with van der Waals surface area (Å²) in [6, 6.07) is 8.23. The van der Waals surface area contributed by atoms with Gasteiger partial charge in [0.05, 0.1) is 4.47 Å². The van der Waals surface area contributed by atoms with Crippen molar-refractivity contribution < 1.29 is 9.13 Å². The molecule has 0 saturated carbocycles. The van der Waals surface area contributed by atoms with Crippen LogP contribution in [0.3, 0.4) is 0 Å². The third kappa shape index (κ3) is 3.77. The van der Waals surface area contributed by atoms with Crippen LogP contribution in [0.4, 0.5) is 4.39 Å². The quantitative estimate of drug-likeness (QED) is 0.892. The van der Waals surface area contributed by atoms with E-state index in [1.54, 1.807) is 6.07 Å². The number of rotatable bonds is 5. The molecule has 2 rings (SSSR count). The molecule has 3 nitrogen and oxygen atoms in total. The number of halogens is 2. The summed E-state index contributed by atoms with van der Waals surface area (Å²) in [4.78, 5) is 4.43. The van der Waals surface area contributed by atoms with Crippen molar-refractivity contribution in [3.8, 4) is 11.6 Å². The lowest BCUT2D eigenvalue weighted by atomic mass is 10.2. The molecule has 1 aromatic carbocycles. The Labute approximate surface area is 126 Å². The smallest absolute Gasteiger partial charge is 0.219 e. The van der Waals surface area contributed by atoms with Crippen molar-refractivity contribution in [1.82, 2.24) is 10.3 Å². The summed E-state index contributed by atoms with van der Waals surface area (Å²) in [6.45, 7) is 2.79. The van der Waals surface area contributed by atoms with Gasteiger partial charge in [0.2, 0.25) is 5.88 Å². The third-order valence-electron chi connectivity index (χ3n) is 2.77. The van der Waals surface area contributed by atoms with Gasteiger partial charge in [0.15, 0.2) is 0 Å². The Balaban J connectivity index is 2.29. The summed E-state index contributed by atoms with van der Waals surface area (Å²) >= 11 is 3.28. The summed E-state index contributed by atoms with van der Waals surface area (Å²) in [7, 11) is 1.89. The molecule has 1 aromatic heterocycles. The van der Waals surface area contributed by atoms with Crippen molar-refractivity contribution in [3.63, 3.8) is 0 Å². The van der Waals surface area contributed by atoms with Gasteiger partial charge >= 0.3 is 0 Å². The third-order valence-corrected chi connectivity index (χ3v) is 3.39. The highest BCUT2D eigenvalue weighted by molar-refractivity contribution is 9.10. The molecule has 0 radical (unpaired) electrons. The molecule has 0 aliphatic heterocycles. The minimum Gasteiger partial charge on any atom is -0.438 e. The van der Waals surface area contributed by atoms with Crippen LogP contribution in [0.5, 0.6) is 11.6 Å². The molecule has 0 saturated heterocycles. The van der Waals surface area contributed by atoms with E-state index in [2.05, 4.69) is 26.2 Å². The van der Waals surface area contributed by atoms with Crippen molar-refractivity contribution in [2.45, 2.75) is 19.9 Å². The summed E-state index contributed by atoms with van der Waals surface area (Å²) in [5, 5.41) is 3.10. The first-order valence-corrected chi connectivity index (χ1v) is 7.19. The standard InChI is InChI=1S/C15H16BrFN2O/c1-3-12-6-10(9-18-2)7-15(19-12)20-14-5-4-11(17)8-13(14)16/h4-8,18H,3,9H2,1-2H3. The predicted octanol–water partition coefficient (Wildman–Crippen LogP) is 4.06. The van der Waals surface area contributed by atoms with E-state index in [4.69, 9.17) is 4.74 Å². The van der Waals surface area contributed by atoms with Crippen LogP contribution >= 0.6 is 15.9 Å². The van der Waals surface area contributed by atoms with Gasteiger partial charge in [0.1, 0.15) is 11.6 Å². The number of ether oxygens (including phenoxy) is 1. The average molecular weight is 339 g/mol. The van der Waals surface area contributed by atoms with Crippen LogP contribution in [0.1, 0.15) is 18.2 Å². The molecule has 0 amide bonds. The van der Waals surface area contributed by atoms with Gasteiger partial charge in [-0.15, -0.1) is 0 Å². The summed E-state index contributed by atoms with van der Waals surface area (Å²) in [6.07, 6.45) is 0.832. The van der Waals surface area contributed by atoms with Crippen molar-refractivity contribution in [3.05, 3.63) is 51.9 Å². The SMILES string of the molecule is CCc1cc(CNC)cc(Oc2ccc(F)cc2Br)n1. The van der Waals surface area contributed by atoms with Crippen LogP contribution in [-0.2, 0) is 13.0 Å². The lowest BCUT2D eigenvalue weighted by molar-refractivity contribution is 0.455. The Hall–Kier alpha value is -1.46. The highest BCUT2D eigenvalue weighted by Gasteiger charge is 2.07. The Kier molecular flexibility index (Phi) is 5.09. The molecule has 0 atom stereocenters. The normalized spacial score (nSPS) is 10.6. The molecule has 0 unspecified atom stereocenters. The monoisotopic (exact) mass is 338 g/mol. The molecule has 5 heteroatoms. The van der Waals surface area contributed by atoms with Gasteiger partial charge in [0.25, 0.3) is 0 Å². The summed E-state index contributed by atoms with van der Waals surface area (Å²) in [5.74, 6) is 0.750. The highest BCUT2D eigenvalue weighted by atomic mass is 79.9. The molecule has 106 valence electrons. The van der Waals surface area contributed by atoms with Crippen LogP contribution in [0, 0.1) is 5.82 Å². The van der Waals surface area contributed by atoms with E-state index in [0.29, 0.717) is 16.1 Å². The highest BCUT2D eigenvalue weighted by Crippen LogP contribution is 2.29. The number of hydrogen-bond acceptors (Lipinski definition) is 3. The fraction of sp³-hybridized carbons (Fsp3) is 0.267. The van der Waals surface area contributed by atoms with E-state index in [1.165, 1.54) is 12.1 Å². The molecule has 0 aliphatic rings. The second-order valence-corrected chi connectivity index (χ2v) is 5.22. The van der Waals surface area contributed by atoms with E-state index >= 15 is 0 Å². The van der Waals surface area contributed by atoms with Crippen LogP contribution in [0.25, 0.3) is 0 Å². The van der Waals surface area contributed by atoms with E-state index in [0.717, 1.165) is 24.2 Å². The van der Waals surface area contributed by atoms with Gasteiger partial charge in [-0.1, -0.05) is 6.92 Å². The first kappa shape index (κ1) is 14.9. The van der Waals surface area contributed by atoms with Gasteiger partial charge in [-0.2, -0.15) is 0 Å². The average Bonchev–Trinajstić information content (AvgIpc) is 2.42. The summed E-state index contributed by atoms with van der Waals surface area (Å²) in [5.41, 5.74) is 2.07. The number of benzene rings is 1. The van der Waals surface area contributed by atoms with Gasteiger partial charge in [-0.25, -0.2) is 9.37 Å². The molecule has 20 heavy (non-hydrogen) atoms. The second kappa shape index (κ2) is 6.81. The summed E-state index contributed by atoms with van der Waals surface area (Å²) < 4.78 is 19.4. The maximum Gasteiger partial charge on any atom is 0.219 e. The number of nitrogens with one attached hydrogen (secondary N) is 1. The Morgan fingerprint density at radius 2 is 2.10 bits per heavy atom. The number of aromatic nitrogens is 1. The predicted molar refractivity (Wildman–Crippen MR) is 80.6 cm³/mol. The zero-order valence-corrected chi connectivity index (χ0v) is 13.0. The lowest BCUT2D eigenvalue weighted by Crippen LogP contribution is -2.06. The van der Waals surface area contributed by atoms with E-state index in [-0.39, 0.29) is 5.82 Å². The largest absolute Gasteiger partial charge is 0.438 e. The van der Waals surface area contributed by atoms with Crippen molar-refractivity contribution >= 4 is 15.9 Å². The molecule has 0 spiro atoms. The Morgan fingerprint density at radius 3 is 2.75 bits per heavy atom. The van der Waals surface area contributed by atoms with Crippen LogP contribution in [0.15, 0.2) is 34.8 Å². The molecule has 0 fully saturated rings. The molecule has 0 bridgehead atoms. The first-order chi connectivity index (χ1) is 9.62. The van der Waals surface area contributed by atoms with Crippen LogP contribution < -0.4 is 10.1 Å². The maximum absolute atomic E-state index is 13.1. The maximum atomic E-state index is 13.1. The van der Waals surface area contributed by atoms with Gasteiger partial charge < -0.3 is 10.1 Å². The second-order valence-electron chi connectivity index (χ2n) is 4.37. The zero-order chi connectivity index (χ0) is 14.5. The molecular weight excluding hydrogens is 323 g/mol. The molecule has 2 aromatic rings. The minimum atomic E-state index is -0.310. The van der Waals surface area contributed by atoms with Crippen molar-refractivity contribution in [2.24, 2.45) is 0 Å². The van der Waals surface area contributed by atoms with E-state index in [1.807, 2.05) is 26.1 Å². The van der Waals surface area contributed by atoms with Crippen LogP contribution in [-0.4, -0.2) is 12.0 Å². The van der Waals surface area contributed by atoms with Crippen LogP contribution in [0.2, 0.25) is 0 Å². The number of nitrogens with zero attached hydrogens (tertiary/aromatic N) is 1. The van der Waals surface area contributed by atoms with Gasteiger partial charge in [-0.05, 0) is 59.2 Å². The minimum absolute atomic E-state index is 0.310. The topological polar surface area (TPSA) is 34.1 Å². The van der Waals surface area contributed by atoms with Crippen molar-refractivity contribution in [1.29, 1.82) is 0 Å². The first-order valence-electron chi connectivity index (χ1n) is 6.39. The van der Waals surface area contributed by atoms with Gasteiger partial charge in [-0.3, -0.25) is 0 Å². The zero-order valence-electron chi connectivity index (χ0n) is 11.4. The number of pyridine rings is 1. The fourth-order valence-electron chi connectivity index (χ4n) is 1.83. The lowest BCUT2D eigenvalue weighted by Gasteiger charge is -2.10. The van der Waals surface area contributed by atoms with Crippen molar-refractivity contribution in [2.75, 3.05) is 7.05 Å². The fourth-order valence-corrected chi connectivity index (χ4v) is 2.26. The number of aryl methyl sites for hydroxylation is 1. The molecular formula is C15H16BrFN2O. The van der Waals surface area contributed by atoms with Gasteiger partial charge in [0, 0.05) is 18.3 Å². The molecule has 1 heterocycles. The molecule has 0 aliphatic carbocycles. The Bertz CT molecular complexity index is 604. The van der Waals surface area contributed by atoms with E-state index in [9.17, 15) is 4.39 Å². The number of hydrogen-bond donors (Lipinski definition) is 1. The Morgan fingerprint density at radius 1 is 1.30 bits per heavy atom. The molecule has 1 N–H and O–H groups in total.